The highest BCUT2D eigenvalue weighted by molar-refractivity contribution is 5.35. The van der Waals surface area contributed by atoms with Gasteiger partial charge in [0.25, 0.3) is 0 Å². The van der Waals surface area contributed by atoms with Gasteiger partial charge >= 0.3 is 6.18 Å². The highest BCUT2D eigenvalue weighted by Crippen LogP contribution is 2.36. The van der Waals surface area contributed by atoms with E-state index in [-0.39, 0.29) is 5.75 Å². The first-order chi connectivity index (χ1) is 6.95. The molecule has 0 spiro atoms. The van der Waals surface area contributed by atoms with Gasteiger partial charge in [0.15, 0.2) is 6.10 Å². The zero-order chi connectivity index (χ0) is 11.5. The Labute approximate surface area is 84.9 Å². The van der Waals surface area contributed by atoms with Gasteiger partial charge in [-0.25, -0.2) is 0 Å². The molecule has 5 heteroatoms. The fourth-order valence-electron chi connectivity index (χ4n) is 1.02. The van der Waals surface area contributed by atoms with Crippen LogP contribution in [-0.2, 0) is 6.18 Å². The number of alkyl halides is 3. The molecule has 0 fully saturated rings. The molecular formula is C10H8F3NO. The van der Waals surface area contributed by atoms with E-state index >= 15 is 0 Å². The van der Waals surface area contributed by atoms with E-state index in [0.29, 0.717) is 0 Å². The molecule has 15 heavy (non-hydrogen) atoms. The summed E-state index contributed by atoms with van der Waals surface area (Å²) in [5, 5.41) is 8.43. The van der Waals surface area contributed by atoms with Crippen molar-refractivity contribution in [2.75, 3.05) is 0 Å². The van der Waals surface area contributed by atoms with Crippen LogP contribution >= 0.6 is 0 Å². The predicted octanol–water partition coefficient (Wildman–Crippen LogP) is 3.00. The van der Waals surface area contributed by atoms with Gasteiger partial charge in [0.1, 0.15) is 11.8 Å². The SMILES string of the molecule is CC(C#N)Oc1ccccc1C(F)(F)F. The van der Waals surface area contributed by atoms with Gasteiger partial charge in [0.2, 0.25) is 0 Å². The largest absolute Gasteiger partial charge is 0.475 e. The van der Waals surface area contributed by atoms with Gasteiger partial charge in [-0.05, 0) is 19.1 Å². The first kappa shape index (κ1) is 11.4. The van der Waals surface area contributed by atoms with Crippen molar-refractivity contribution in [2.45, 2.75) is 19.2 Å². The fraction of sp³-hybridized carbons (Fsp3) is 0.300. The van der Waals surface area contributed by atoms with E-state index in [1.807, 2.05) is 0 Å². The second-order valence-corrected chi connectivity index (χ2v) is 2.88. The standard InChI is InChI=1S/C10H8F3NO/c1-7(6-14)15-9-5-3-2-4-8(9)10(11,12)13/h2-5,7H,1H3. The van der Waals surface area contributed by atoms with Crippen LogP contribution in [0.25, 0.3) is 0 Å². The van der Waals surface area contributed by atoms with E-state index in [1.165, 1.54) is 25.1 Å². The van der Waals surface area contributed by atoms with Gasteiger partial charge in [-0.1, -0.05) is 12.1 Å². The van der Waals surface area contributed by atoms with Crippen molar-refractivity contribution in [3.05, 3.63) is 29.8 Å². The number of rotatable bonds is 2. The van der Waals surface area contributed by atoms with Gasteiger partial charge in [0, 0.05) is 0 Å². The summed E-state index contributed by atoms with van der Waals surface area (Å²) >= 11 is 0. The molecule has 2 nitrogen and oxygen atoms in total. The Kier molecular flexibility index (Phi) is 3.20. The molecular weight excluding hydrogens is 207 g/mol. The van der Waals surface area contributed by atoms with E-state index < -0.39 is 17.8 Å². The predicted molar refractivity (Wildman–Crippen MR) is 47.1 cm³/mol. The summed E-state index contributed by atoms with van der Waals surface area (Å²) in [6.45, 7) is 1.38. The minimum Gasteiger partial charge on any atom is -0.475 e. The molecule has 1 aromatic carbocycles. The number of halogens is 3. The van der Waals surface area contributed by atoms with Crippen molar-refractivity contribution >= 4 is 0 Å². The number of benzene rings is 1. The van der Waals surface area contributed by atoms with Crippen LogP contribution in [0.5, 0.6) is 5.75 Å². The quantitative estimate of drug-likeness (QED) is 0.759. The Bertz CT molecular complexity index is 381. The minimum absolute atomic E-state index is 0.320. The van der Waals surface area contributed by atoms with Gasteiger partial charge in [-0.15, -0.1) is 0 Å². The molecule has 0 saturated heterocycles. The van der Waals surface area contributed by atoms with Crippen LogP contribution in [0.4, 0.5) is 13.2 Å². The normalized spacial score (nSPS) is 13.0. The Morgan fingerprint density at radius 1 is 1.33 bits per heavy atom. The molecule has 80 valence electrons. The maximum absolute atomic E-state index is 12.4. The summed E-state index contributed by atoms with van der Waals surface area (Å²) in [5.41, 5.74) is -0.868. The summed E-state index contributed by atoms with van der Waals surface area (Å²) in [6.07, 6.45) is -5.38. The maximum atomic E-state index is 12.4. The summed E-state index contributed by atoms with van der Waals surface area (Å²) in [4.78, 5) is 0. The maximum Gasteiger partial charge on any atom is 0.419 e. The monoisotopic (exact) mass is 215 g/mol. The lowest BCUT2D eigenvalue weighted by atomic mass is 10.2. The average molecular weight is 215 g/mol. The molecule has 1 aromatic rings. The van der Waals surface area contributed by atoms with Crippen molar-refractivity contribution in [1.29, 1.82) is 5.26 Å². The lowest BCUT2D eigenvalue weighted by Gasteiger charge is -2.14. The minimum atomic E-state index is -4.47. The van der Waals surface area contributed by atoms with Crippen LogP contribution < -0.4 is 4.74 Å². The Hall–Kier alpha value is -1.70. The number of ether oxygens (including phenoxy) is 1. The molecule has 0 amide bonds. The van der Waals surface area contributed by atoms with Crippen molar-refractivity contribution in [1.82, 2.24) is 0 Å². The van der Waals surface area contributed by atoms with Crippen LogP contribution in [0.15, 0.2) is 24.3 Å². The molecule has 0 heterocycles. The molecule has 0 aliphatic carbocycles. The van der Waals surface area contributed by atoms with Crippen LogP contribution in [0.1, 0.15) is 12.5 Å². The Morgan fingerprint density at radius 3 is 2.47 bits per heavy atom. The molecule has 0 saturated carbocycles. The smallest absolute Gasteiger partial charge is 0.419 e. The van der Waals surface area contributed by atoms with Gasteiger partial charge < -0.3 is 4.74 Å². The summed E-state index contributed by atoms with van der Waals surface area (Å²) in [5.74, 6) is -0.320. The van der Waals surface area contributed by atoms with Crippen molar-refractivity contribution in [3.8, 4) is 11.8 Å². The topological polar surface area (TPSA) is 33.0 Å². The van der Waals surface area contributed by atoms with E-state index in [4.69, 9.17) is 10.00 Å². The second-order valence-electron chi connectivity index (χ2n) is 2.88. The number of nitrogens with zero attached hydrogens (tertiary/aromatic N) is 1. The van der Waals surface area contributed by atoms with Crippen molar-refractivity contribution in [2.24, 2.45) is 0 Å². The van der Waals surface area contributed by atoms with Gasteiger partial charge in [-0.2, -0.15) is 18.4 Å². The van der Waals surface area contributed by atoms with E-state index in [2.05, 4.69) is 0 Å². The molecule has 0 aliphatic rings. The molecule has 0 radical (unpaired) electrons. The Morgan fingerprint density at radius 2 is 1.93 bits per heavy atom. The molecule has 0 aromatic heterocycles. The van der Waals surface area contributed by atoms with Gasteiger partial charge in [0.05, 0.1) is 5.56 Å². The summed E-state index contributed by atoms with van der Waals surface area (Å²) in [6, 6.07) is 6.51. The zero-order valence-electron chi connectivity index (χ0n) is 7.88. The van der Waals surface area contributed by atoms with Gasteiger partial charge in [-0.3, -0.25) is 0 Å². The third-order valence-corrected chi connectivity index (χ3v) is 1.68. The number of hydrogen-bond donors (Lipinski definition) is 0. The molecule has 1 unspecified atom stereocenters. The van der Waals surface area contributed by atoms with E-state index in [0.717, 1.165) is 6.07 Å². The number of nitriles is 1. The first-order valence-corrected chi connectivity index (χ1v) is 4.17. The van der Waals surface area contributed by atoms with Crippen LogP contribution in [0, 0.1) is 11.3 Å². The zero-order valence-corrected chi connectivity index (χ0v) is 7.88. The number of hydrogen-bond acceptors (Lipinski definition) is 2. The highest BCUT2D eigenvalue weighted by atomic mass is 19.4. The number of para-hydroxylation sites is 1. The first-order valence-electron chi connectivity index (χ1n) is 4.17. The van der Waals surface area contributed by atoms with E-state index in [9.17, 15) is 13.2 Å². The molecule has 1 rings (SSSR count). The van der Waals surface area contributed by atoms with E-state index in [1.54, 1.807) is 6.07 Å². The second kappa shape index (κ2) is 4.22. The highest BCUT2D eigenvalue weighted by Gasteiger charge is 2.34. The summed E-state index contributed by atoms with van der Waals surface area (Å²) in [7, 11) is 0. The average Bonchev–Trinajstić information content (AvgIpc) is 2.17. The molecule has 0 N–H and O–H groups in total. The van der Waals surface area contributed by atoms with Crippen LogP contribution in [0.2, 0.25) is 0 Å². The van der Waals surface area contributed by atoms with Crippen molar-refractivity contribution < 1.29 is 17.9 Å². The third-order valence-electron chi connectivity index (χ3n) is 1.68. The lowest BCUT2D eigenvalue weighted by Crippen LogP contribution is -2.13. The molecule has 0 bridgehead atoms. The molecule has 1 atom stereocenters. The summed E-state index contributed by atoms with van der Waals surface area (Å²) < 4.78 is 42.2. The molecule has 0 aliphatic heterocycles. The van der Waals surface area contributed by atoms with Crippen LogP contribution in [0.3, 0.4) is 0 Å². The lowest BCUT2D eigenvalue weighted by molar-refractivity contribution is -0.139. The third kappa shape index (κ3) is 2.88. The fourth-order valence-corrected chi connectivity index (χ4v) is 1.02. The Balaban J connectivity index is 3.03. The van der Waals surface area contributed by atoms with Crippen molar-refractivity contribution in [3.63, 3.8) is 0 Å². The van der Waals surface area contributed by atoms with Crippen LogP contribution in [-0.4, -0.2) is 6.10 Å².